The van der Waals surface area contributed by atoms with Crippen molar-refractivity contribution in [2.45, 2.75) is 6.54 Å². The number of amides is 1. The molecule has 0 unspecified atom stereocenters. The predicted molar refractivity (Wildman–Crippen MR) is 70.8 cm³/mol. The van der Waals surface area contributed by atoms with Gasteiger partial charge in [-0.1, -0.05) is 6.07 Å². The van der Waals surface area contributed by atoms with Gasteiger partial charge in [0.05, 0.1) is 11.0 Å². The van der Waals surface area contributed by atoms with Crippen LogP contribution >= 0.6 is 15.9 Å². The summed E-state index contributed by atoms with van der Waals surface area (Å²) in [6, 6.07) is 5.34. The molecule has 0 heterocycles. The molecule has 1 aromatic carbocycles. The molecule has 0 bridgehead atoms. The minimum absolute atomic E-state index is 0.0744. The number of carbonyl (C=O) groups is 1. The highest BCUT2D eigenvalue weighted by Gasteiger charge is 2.09. The smallest absolute Gasteiger partial charge is 0.236 e. The maximum Gasteiger partial charge on any atom is 0.236 e. The Morgan fingerprint density at radius 3 is 2.53 bits per heavy atom. The van der Waals surface area contributed by atoms with E-state index in [1.807, 2.05) is 24.1 Å². The van der Waals surface area contributed by atoms with Gasteiger partial charge in [0.15, 0.2) is 0 Å². The number of rotatable bonds is 4. The SMILES string of the molecule is CN(CC(=O)N(C)C)Cc1ccc(O)c(Br)c1. The quantitative estimate of drug-likeness (QED) is 0.920. The average Bonchev–Trinajstić information content (AvgIpc) is 2.23. The van der Waals surface area contributed by atoms with Crippen molar-refractivity contribution >= 4 is 21.8 Å². The van der Waals surface area contributed by atoms with E-state index in [1.165, 1.54) is 0 Å². The highest BCUT2D eigenvalue weighted by atomic mass is 79.9. The molecule has 1 rings (SSSR count). The van der Waals surface area contributed by atoms with Crippen molar-refractivity contribution in [1.29, 1.82) is 0 Å². The van der Waals surface area contributed by atoms with Crippen LogP contribution in [0.3, 0.4) is 0 Å². The Morgan fingerprint density at radius 1 is 1.35 bits per heavy atom. The summed E-state index contributed by atoms with van der Waals surface area (Å²) in [4.78, 5) is 15.0. The largest absolute Gasteiger partial charge is 0.507 e. The van der Waals surface area contributed by atoms with E-state index >= 15 is 0 Å². The standard InChI is InChI=1S/C12H17BrN2O2/c1-14(2)12(17)8-15(3)7-9-4-5-11(16)10(13)6-9/h4-6,16H,7-8H2,1-3H3. The van der Waals surface area contributed by atoms with Gasteiger partial charge in [-0.15, -0.1) is 0 Å². The van der Waals surface area contributed by atoms with Gasteiger partial charge in [0.1, 0.15) is 5.75 Å². The fourth-order valence-electron chi connectivity index (χ4n) is 1.39. The van der Waals surface area contributed by atoms with Crippen LogP contribution in [0, 0.1) is 0 Å². The van der Waals surface area contributed by atoms with Gasteiger partial charge < -0.3 is 10.0 Å². The number of benzene rings is 1. The topological polar surface area (TPSA) is 43.8 Å². The highest BCUT2D eigenvalue weighted by Crippen LogP contribution is 2.24. The summed E-state index contributed by atoms with van der Waals surface area (Å²) in [7, 11) is 5.38. The fraction of sp³-hybridized carbons (Fsp3) is 0.417. The number of likely N-dealkylation sites (N-methyl/N-ethyl adjacent to an activating group) is 2. The van der Waals surface area contributed by atoms with Gasteiger partial charge in [-0.3, -0.25) is 9.69 Å². The Bertz CT molecular complexity index is 407. The lowest BCUT2D eigenvalue weighted by molar-refractivity contribution is -0.129. The molecule has 1 amide bonds. The van der Waals surface area contributed by atoms with E-state index in [0.29, 0.717) is 17.6 Å². The van der Waals surface area contributed by atoms with Crippen LogP contribution in [0.1, 0.15) is 5.56 Å². The van der Waals surface area contributed by atoms with Crippen molar-refractivity contribution < 1.29 is 9.90 Å². The number of hydrogen-bond donors (Lipinski definition) is 1. The molecular formula is C12H17BrN2O2. The van der Waals surface area contributed by atoms with Gasteiger partial charge in [0.2, 0.25) is 5.91 Å². The first-order chi connectivity index (χ1) is 7.90. The Balaban J connectivity index is 2.59. The first kappa shape index (κ1) is 14.0. The van der Waals surface area contributed by atoms with E-state index in [1.54, 1.807) is 25.1 Å². The van der Waals surface area contributed by atoms with E-state index in [9.17, 15) is 9.90 Å². The van der Waals surface area contributed by atoms with Crippen molar-refractivity contribution in [2.75, 3.05) is 27.7 Å². The van der Waals surface area contributed by atoms with Crippen LogP contribution in [0.15, 0.2) is 22.7 Å². The molecule has 0 fully saturated rings. The van der Waals surface area contributed by atoms with Gasteiger partial charge in [0.25, 0.3) is 0 Å². The molecular weight excluding hydrogens is 284 g/mol. The van der Waals surface area contributed by atoms with Crippen molar-refractivity contribution in [1.82, 2.24) is 9.80 Å². The second-order valence-electron chi connectivity index (χ2n) is 4.25. The summed E-state index contributed by atoms with van der Waals surface area (Å²) in [6.45, 7) is 1.05. The minimum atomic E-state index is 0.0744. The monoisotopic (exact) mass is 300 g/mol. The Hall–Kier alpha value is -1.07. The summed E-state index contributed by atoms with van der Waals surface area (Å²) >= 11 is 3.27. The molecule has 94 valence electrons. The summed E-state index contributed by atoms with van der Waals surface area (Å²) in [5.74, 6) is 0.297. The highest BCUT2D eigenvalue weighted by molar-refractivity contribution is 9.10. The molecule has 0 aliphatic rings. The lowest BCUT2D eigenvalue weighted by atomic mass is 10.2. The van der Waals surface area contributed by atoms with Crippen LogP contribution in [-0.2, 0) is 11.3 Å². The lowest BCUT2D eigenvalue weighted by Crippen LogP contribution is -2.34. The van der Waals surface area contributed by atoms with Crippen LogP contribution in [-0.4, -0.2) is 48.5 Å². The summed E-state index contributed by atoms with van der Waals surface area (Å²) < 4.78 is 0.669. The molecule has 0 radical (unpaired) electrons. The molecule has 17 heavy (non-hydrogen) atoms. The van der Waals surface area contributed by atoms with Gasteiger partial charge in [-0.25, -0.2) is 0 Å². The van der Waals surface area contributed by atoms with Crippen LogP contribution < -0.4 is 0 Å². The van der Waals surface area contributed by atoms with Crippen molar-refractivity contribution in [2.24, 2.45) is 0 Å². The average molecular weight is 301 g/mol. The Kier molecular flexibility index (Phi) is 4.96. The van der Waals surface area contributed by atoms with Crippen molar-refractivity contribution in [3.05, 3.63) is 28.2 Å². The van der Waals surface area contributed by atoms with Gasteiger partial charge >= 0.3 is 0 Å². The number of aromatic hydroxyl groups is 1. The number of phenolic OH excluding ortho intramolecular Hbond substituents is 1. The summed E-state index contributed by atoms with van der Waals surface area (Å²) in [6.07, 6.45) is 0. The number of hydrogen-bond acceptors (Lipinski definition) is 3. The first-order valence-electron chi connectivity index (χ1n) is 5.26. The maximum absolute atomic E-state index is 11.5. The Morgan fingerprint density at radius 2 is 2.00 bits per heavy atom. The molecule has 0 aliphatic heterocycles. The van der Waals surface area contributed by atoms with Gasteiger partial charge in [-0.2, -0.15) is 0 Å². The number of phenols is 1. The van der Waals surface area contributed by atoms with Crippen molar-refractivity contribution in [3.8, 4) is 5.75 Å². The van der Waals surface area contributed by atoms with E-state index in [0.717, 1.165) is 5.56 Å². The zero-order valence-corrected chi connectivity index (χ0v) is 11.9. The van der Waals surface area contributed by atoms with Gasteiger partial charge in [-0.05, 0) is 40.7 Å². The zero-order chi connectivity index (χ0) is 13.0. The van der Waals surface area contributed by atoms with Crippen LogP contribution in [0.2, 0.25) is 0 Å². The summed E-state index contributed by atoms with van der Waals surface area (Å²) in [5, 5.41) is 9.37. The van der Waals surface area contributed by atoms with E-state index in [4.69, 9.17) is 0 Å². The van der Waals surface area contributed by atoms with Crippen LogP contribution in [0.4, 0.5) is 0 Å². The lowest BCUT2D eigenvalue weighted by Gasteiger charge is -2.19. The number of nitrogens with zero attached hydrogens (tertiary/aromatic N) is 2. The van der Waals surface area contributed by atoms with E-state index in [2.05, 4.69) is 15.9 Å². The predicted octanol–water partition coefficient (Wildman–Crippen LogP) is 1.67. The molecule has 1 aromatic rings. The zero-order valence-electron chi connectivity index (χ0n) is 10.3. The summed E-state index contributed by atoms with van der Waals surface area (Å²) in [5.41, 5.74) is 1.05. The van der Waals surface area contributed by atoms with E-state index < -0.39 is 0 Å². The second kappa shape index (κ2) is 6.02. The Labute approximate surface area is 110 Å². The molecule has 0 saturated carbocycles. The van der Waals surface area contributed by atoms with Crippen molar-refractivity contribution in [3.63, 3.8) is 0 Å². The first-order valence-corrected chi connectivity index (χ1v) is 6.05. The third-order valence-corrected chi connectivity index (χ3v) is 3.00. The molecule has 5 heteroatoms. The number of carbonyl (C=O) groups excluding carboxylic acids is 1. The normalized spacial score (nSPS) is 10.6. The van der Waals surface area contributed by atoms with Crippen LogP contribution in [0.5, 0.6) is 5.75 Å². The molecule has 1 N–H and O–H groups in total. The maximum atomic E-state index is 11.5. The molecule has 4 nitrogen and oxygen atoms in total. The fourth-order valence-corrected chi connectivity index (χ4v) is 1.81. The van der Waals surface area contributed by atoms with E-state index in [-0.39, 0.29) is 11.7 Å². The molecule has 0 aromatic heterocycles. The minimum Gasteiger partial charge on any atom is -0.507 e. The van der Waals surface area contributed by atoms with Gasteiger partial charge in [0, 0.05) is 20.6 Å². The molecule has 0 spiro atoms. The number of halogens is 1. The molecule has 0 saturated heterocycles. The third-order valence-electron chi connectivity index (χ3n) is 2.37. The van der Waals surface area contributed by atoms with Crippen LogP contribution in [0.25, 0.3) is 0 Å². The molecule has 0 aliphatic carbocycles. The third kappa shape index (κ3) is 4.36. The second-order valence-corrected chi connectivity index (χ2v) is 5.10. The molecule has 0 atom stereocenters.